The van der Waals surface area contributed by atoms with Crippen LogP contribution >= 0.6 is 15.9 Å². The van der Waals surface area contributed by atoms with Gasteiger partial charge < -0.3 is 4.90 Å². The summed E-state index contributed by atoms with van der Waals surface area (Å²) in [5.41, 5.74) is 2.17. The van der Waals surface area contributed by atoms with Crippen LogP contribution in [0.1, 0.15) is 48.0 Å². The number of benzene rings is 2. The fourth-order valence-corrected chi connectivity index (χ4v) is 4.55. The molecule has 1 atom stereocenters. The van der Waals surface area contributed by atoms with E-state index in [-0.39, 0.29) is 30.2 Å². The van der Waals surface area contributed by atoms with Gasteiger partial charge >= 0.3 is 0 Å². The summed E-state index contributed by atoms with van der Waals surface area (Å²) in [7, 11) is 0. The molecule has 2 aromatic carbocycles. The second kappa shape index (κ2) is 8.11. The van der Waals surface area contributed by atoms with Crippen molar-refractivity contribution < 1.29 is 14.4 Å². The first-order valence-electron chi connectivity index (χ1n) is 9.97. The van der Waals surface area contributed by atoms with Gasteiger partial charge in [-0.15, -0.1) is 0 Å². The zero-order valence-electron chi connectivity index (χ0n) is 16.3. The number of hydrogen-bond acceptors (Lipinski definition) is 3. The maximum atomic E-state index is 13.4. The molecule has 1 aliphatic carbocycles. The van der Waals surface area contributed by atoms with E-state index in [9.17, 15) is 14.4 Å². The quantitative estimate of drug-likeness (QED) is 0.640. The summed E-state index contributed by atoms with van der Waals surface area (Å²) in [6.07, 6.45) is 3.84. The van der Waals surface area contributed by atoms with Crippen LogP contribution in [-0.2, 0) is 9.59 Å². The van der Waals surface area contributed by atoms with Gasteiger partial charge in [-0.2, -0.15) is 0 Å². The molecular weight excluding hydrogens is 432 g/mol. The van der Waals surface area contributed by atoms with Gasteiger partial charge in [-0.25, -0.2) is 4.90 Å². The van der Waals surface area contributed by atoms with Gasteiger partial charge in [0.05, 0.1) is 12.1 Å². The van der Waals surface area contributed by atoms with Crippen molar-refractivity contribution in [2.24, 2.45) is 0 Å². The Labute approximate surface area is 178 Å². The predicted octanol–water partition coefficient (Wildman–Crippen LogP) is 4.47. The van der Waals surface area contributed by atoms with E-state index in [1.54, 1.807) is 41.3 Å². The van der Waals surface area contributed by atoms with Crippen LogP contribution in [0.3, 0.4) is 0 Å². The molecule has 29 heavy (non-hydrogen) atoms. The Morgan fingerprint density at radius 3 is 2.24 bits per heavy atom. The number of anilines is 1. The lowest BCUT2D eigenvalue weighted by Gasteiger charge is -2.33. The van der Waals surface area contributed by atoms with Crippen LogP contribution in [0.4, 0.5) is 5.69 Å². The standard InChI is InChI=1S/C23H23BrN2O3/c1-15-6-8-16(9-7-15)22(28)25(18-4-2-3-5-18)20-14-21(27)26(23(20)29)19-12-10-17(24)11-13-19/h6-13,18,20H,2-5,14H2,1H3. The highest BCUT2D eigenvalue weighted by Crippen LogP contribution is 2.33. The first kappa shape index (κ1) is 19.8. The number of amides is 3. The molecule has 150 valence electrons. The topological polar surface area (TPSA) is 57.7 Å². The Hall–Kier alpha value is -2.47. The summed E-state index contributed by atoms with van der Waals surface area (Å²) in [5.74, 6) is -0.743. The third kappa shape index (κ3) is 3.86. The highest BCUT2D eigenvalue weighted by Gasteiger charge is 2.47. The number of nitrogens with zero attached hydrogens (tertiary/aromatic N) is 2. The van der Waals surface area contributed by atoms with E-state index >= 15 is 0 Å². The normalized spacial score (nSPS) is 19.8. The minimum Gasteiger partial charge on any atom is -0.323 e. The SMILES string of the molecule is Cc1ccc(C(=O)N(C2CCCC2)C2CC(=O)N(c3ccc(Br)cc3)C2=O)cc1. The molecule has 1 heterocycles. The molecular formula is C23H23BrN2O3. The van der Waals surface area contributed by atoms with Crippen LogP contribution in [0, 0.1) is 6.92 Å². The highest BCUT2D eigenvalue weighted by molar-refractivity contribution is 9.10. The molecule has 1 unspecified atom stereocenters. The summed E-state index contributed by atoms with van der Waals surface area (Å²) in [5, 5.41) is 0. The second-order valence-electron chi connectivity index (χ2n) is 7.78. The van der Waals surface area contributed by atoms with E-state index in [0.29, 0.717) is 11.3 Å². The lowest BCUT2D eigenvalue weighted by atomic mass is 10.0. The van der Waals surface area contributed by atoms with E-state index in [1.165, 1.54) is 4.90 Å². The Morgan fingerprint density at radius 1 is 1.00 bits per heavy atom. The predicted molar refractivity (Wildman–Crippen MR) is 115 cm³/mol. The number of carbonyl (C=O) groups excluding carboxylic acids is 3. The van der Waals surface area contributed by atoms with Crippen LogP contribution in [0.2, 0.25) is 0 Å². The Morgan fingerprint density at radius 2 is 1.62 bits per heavy atom. The van der Waals surface area contributed by atoms with Gasteiger partial charge in [0.25, 0.3) is 11.8 Å². The zero-order chi connectivity index (χ0) is 20.5. The van der Waals surface area contributed by atoms with E-state index in [1.807, 2.05) is 19.1 Å². The maximum absolute atomic E-state index is 13.4. The molecule has 5 nitrogen and oxygen atoms in total. The summed E-state index contributed by atoms with van der Waals surface area (Å²) in [4.78, 5) is 42.4. The van der Waals surface area contributed by atoms with Crippen LogP contribution in [-0.4, -0.2) is 34.7 Å². The van der Waals surface area contributed by atoms with Gasteiger partial charge in [0.15, 0.2) is 0 Å². The van der Waals surface area contributed by atoms with E-state index in [0.717, 1.165) is 35.7 Å². The third-order valence-electron chi connectivity index (χ3n) is 5.79. The van der Waals surface area contributed by atoms with Gasteiger partial charge in [-0.05, 0) is 56.2 Å². The molecule has 1 saturated carbocycles. The van der Waals surface area contributed by atoms with E-state index in [4.69, 9.17) is 0 Å². The molecule has 1 saturated heterocycles. The fourth-order valence-electron chi connectivity index (χ4n) is 4.28. The minimum absolute atomic E-state index is 0.00424. The van der Waals surface area contributed by atoms with Crippen molar-refractivity contribution in [3.63, 3.8) is 0 Å². The Balaban J connectivity index is 1.66. The van der Waals surface area contributed by atoms with Crippen molar-refractivity contribution in [1.82, 2.24) is 4.90 Å². The molecule has 4 rings (SSSR count). The smallest absolute Gasteiger partial charge is 0.257 e. The maximum Gasteiger partial charge on any atom is 0.257 e. The second-order valence-corrected chi connectivity index (χ2v) is 8.70. The van der Waals surface area contributed by atoms with Crippen LogP contribution in [0.25, 0.3) is 0 Å². The van der Waals surface area contributed by atoms with Gasteiger partial charge in [0.1, 0.15) is 6.04 Å². The van der Waals surface area contributed by atoms with Crippen LogP contribution in [0.15, 0.2) is 53.0 Å². The van der Waals surface area contributed by atoms with E-state index in [2.05, 4.69) is 15.9 Å². The lowest BCUT2D eigenvalue weighted by Crippen LogP contribution is -2.50. The molecule has 2 fully saturated rings. The third-order valence-corrected chi connectivity index (χ3v) is 6.32. The minimum atomic E-state index is -0.747. The number of aryl methyl sites for hydroxylation is 1. The first-order valence-corrected chi connectivity index (χ1v) is 10.8. The molecule has 0 aromatic heterocycles. The molecule has 3 amide bonds. The average Bonchev–Trinajstić information content (AvgIpc) is 3.33. The monoisotopic (exact) mass is 454 g/mol. The van der Waals surface area contributed by atoms with Crippen molar-refractivity contribution in [2.45, 2.75) is 51.1 Å². The highest BCUT2D eigenvalue weighted by atomic mass is 79.9. The lowest BCUT2D eigenvalue weighted by molar-refractivity contribution is -0.123. The summed E-state index contributed by atoms with van der Waals surface area (Å²) < 4.78 is 0.874. The molecule has 0 spiro atoms. The number of imide groups is 1. The average molecular weight is 455 g/mol. The van der Waals surface area contributed by atoms with E-state index < -0.39 is 6.04 Å². The fraction of sp³-hybridized carbons (Fsp3) is 0.348. The molecule has 1 aliphatic heterocycles. The molecule has 2 aromatic rings. The van der Waals surface area contributed by atoms with Gasteiger partial charge in [0.2, 0.25) is 5.91 Å². The van der Waals surface area contributed by atoms with Crippen LogP contribution < -0.4 is 4.90 Å². The molecule has 0 radical (unpaired) electrons. The van der Waals surface area contributed by atoms with Gasteiger partial charge in [0, 0.05) is 16.1 Å². The number of hydrogen-bond donors (Lipinski definition) is 0. The first-order chi connectivity index (χ1) is 14.0. The number of rotatable bonds is 4. The summed E-state index contributed by atoms with van der Waals surface area (Å²) >= 11 is 3.37. The largest absolute Gasteiger partial charge is 0.323 e. The summed E-state index contributed by atoms with van der Waals surface area (Å²) in [6.45, 7) is 1.97. The number of halogens is 1. The number of carbonyl (C=O) groups is 3. The zero-order valence-corrected chi connectivity index (χ0v) is 17.9. The van der Waals surface area contributed by atoms with Crippen molar-refractivity contribution in [1.29, 1.82) is 0 Å². The molecule has 2 aliphatic rings. The van der Waals surface area contributed by atoms with Crippen molar-refractivity contribution in [3.05, 3.63) is 64.1 Å². The Bertz CT molecular complexity index is 934. The molecule has 6 heteroatoms. The van der Waals surface area contributed by atoms with Crippen molar-refractivity contribution in [2.75, 3.05) is 4.90 Å². The Kier molecular flexibility index (Phi) is 5.54. The summed E-state index contributed by atoms with van der Waals surface area (Å²) in [6, 6.07) is 13.7. The van der Waals surface area contributed by atoms with Gasteiger partial charge in [-0.3, -0.25) is 14.4 Å². The molecule has 0 bridgehead atoms. The molecule has 0 N–H and O–H groups in total. The van der Waals surface area contributed by atoms with Crippen molar-refractivity contribution >= 4 is 39.3 Å². The van der Waals surface area contributed by atoms with Gasteiger partial charge in [-0.1, -0.05) is 46.5 Å². The van der Waals surface area contributed by atoms with Crippen LogP contribution in [0.5, 0.6) is 0 Å². The van der Waals surface area contributed by atoms with Crippen molar-refractivity contribution in [3.8, 4) is 0 Å².